The number of fused-ring (bicyclic) bond motifs is 1. The van der Waals surface area contributed by atoms with Crippen LogP contribution < -0.4 is 5.73 Å². The summed E-state index contributed by atoms with van der Waals surface area (Å²) >= 11 is 1.53. The standard InChI is InChI=1S/C20H18FN3O2S/c21-13-3-4-16-14(10-13)15(11-17(23-16)18-2-1-9-27-18)20(26)24-7-5-12(6-8-24)19(22)25/h1-4,9-12H,5-8H2,(H2,22,25). The van der Waals surface area contributed by atoms with Crippen LogP contribution in [-0.4, -0.2) is 34.8 Å². The number of carbonyl (C=O) groups excluding carboxylic acids is 2. The molecule has 0 atom stereocenters. The van der Waals surface area contributed by atoms with Gasteiger partial charge >= 0.3 is 0 Å². The Morgan fingerprint density at radius 3 is 2.63 bits per heavy atom. The Hall–Kier alpha value is -2.80. The molecule has 27 heavy (non-hydrogen) atoms. The summed E-state index contributed by atoms with van der Waals surface area (Å²) in [5, 5.41) is 2.44. The summed E-state index contributed by atoms with van der Waals surface area (Å²) in [6.07, 6.45) is 1.10. The van der Waals surface area contributed by atoms with Gasteiger partial charge in [-0.3, -0.25) is 9.59 Å². The van der Waals surface area contributed by atoms with Gasteiger partial charge < -0.3 is 10.6 Å². The minimum absolute atomic E-state index is 0.172. The quantitative estimate of drug-likeness (QED) is 0.753. The summed E-state index contributed by atoms with van der Waals surface area (Å²) in [5.41, 5.74) is 7.08. The van der Waals surface area contributed by atoms with E-state index in [-0.39, 0.29) is 17.7 Å². The van der Waals surface area contributed by atoms with E-state index in [1.54, 1.807) is 17.0 Å². The second-order valence-electron chi connectivity index (χ2n) is 6.66. The van der Waals surface area contributed by atoms with Gasteiger partial charge in [-0.05, 0) is 48.6 Å². The number of pyridine rings is 1. The molecule has 4 rings (SSSR count). The van der Waals surface area contributed by atoms with Crippen LogP contribution >= 0.6 is 11.3 Å². The summed E-state index contributed by atoms with van der Waals surface area (Å²) in [7, 11) is 0. The second kappa shape index (κ2) is 7.08. The number of carbonyl (C=O) groups is 2. The van der Waals surface area contributed by atoms with Crippen LogP contribution in [0.5, 0.6) is 0 Å². The largest absolute Gasteiger partial charge is 0.369 e. The second-order valence-corrected chi connectivity index (χ2v) is 7.61. The molecule has 0 saturated carbocycles. The van der Waals surface area contributed by atoms with Gasteiger partial charge in [0.2, 0.25) is 5.91 Å². The predicted octanol–water partition coefficient (Wildman–Crippen LogP) is 3.44. The lowest BCUT2D eigenvalue weighted by Gasteiger charge is -2.31. The first-order chi connectivity index (χ1) is 13.0. The molecule has 0 aliphatic carbocycles. The zero-order chi connectivity index (χ0) is 19.0. The van der Waals surface area contributed by atoms with Crippen LogP contribution in [-0.2, 0) is 4.79 Å². The monoisotopic (exact) mass is 383 g/mol. The van der Waals surface area contributed by atoms with Crippen molar-refractivity contribution in [2.45, 2.75) is 12.8 Å². The van der Waals surface area contributed by atoms with Crippen molar-refractivity contribution < 1.29 is 14.0 Å². The van der Waals surface area contributed by atoms with Crippen molar-refractivity contribution in [1.82, 2.24) is 9.88 Å². The van der Waals surface area contributed by atoms with Gasteiger partial charge in [0, 0.05) is 24.4 Å². The summed E-state index contributed by atoms with van der Waals surface area (Å²) in [6, 6.07) is 9.89. The molecule has 0 radical (unpaired) electrons. The zero-order valence-electron chi connectivity index (χ0n) is 14.5. The van der Waals surface area contributed by atoms with Gasteiger partial charge in [0.15, 0.2) is 0 Å². The Labute approximate surface area is 159 Å². The Bertz CT molecular complexity index is 1010. The lowest BCUT2D eigenvalue weighted by Crippen LogP contribution is -2.41. The number of amides is 2. The van der Waals surface area contributed by atoms with Crippen LogP contribution in [0.2, 0.25) is 0 Å². The molecule has 5 nitrogen and oxygen atoms in total. The molecule has 0 bridgehead atoms. The fourth-order valence-electron chi connectivity index (χ4n) is 3.46. The first-order valence-electron chi connectivity index (χ1n) is 8.75. The number of likely N-dealkylation sites (tertiary alicyclic amines) is 1. The van der Waals surface area contributed by atoms with Crippen molar-refractivity contribution in [2.75, 3.05) is 13.1 Å². The lowest BCUT2D eigenvalue weighted by atomic mass is 9.95. The van der Waals surface area contributed by atoms with E-state index in [0.717, 1.165) is 4.88 Å². The average Bonchev–Trinajstić information content (AvgIpc) is 3.21. The summed E-state index contributed by atoms with van der Waals surface area (Å²) in [6.45, 7) is 0.916. The maximum Gasteiger partial charge on any atom is 0.254 e. The molecule has 2 N–H and O–H groups in total. The minimum atomic E-state index is -0.408. The van der Waals surface area contributed by atoms with E-state index in [1.165, 1.54) is 23.5 Å². The fourth-order valence-corrected chi connectivity index (χ4v) is 4.15. The Morgan fingerprint density at radius 2 is 1.96 bits per heavy atom. The summed E-state index contributed by atoms with van der Waals surface area (Å²) < 4.78 is 13.8. The highest BCUT2D eigenvalue weighted by atomic mass is 32.1. The molecule has 1 aliphatic heterocycles. The molecule has 0 unspecified atom stereocenters. The third-order valence-electron chi connectivity index (χ3n) is 4.96. The SMILES string of the molecule is NC(=O)C1CCN(C(=O)c2cc(-c3cccs3)nc3ccc(F)cc23)CC1. The predicted molar refractivity (Wildman–Crippen MR) is 103 cm³/mol. The van der Waals surface area contributed by atoms with Crippen molar-refractivity contribution in [3.63, 3.8) is 0 Å². The number of thiophene rings is 1. The van der Waals surface area contributed by atoms with Crippen LogP contribution in [0.4, 0.5) is 4.39 Å². The van der Waals surface area contributed by atoms with Crippen molar-refractivity contribution >= 4 is 34.1 Å². The van der Waals surface area contributed by atoms with E-state index in [2.05, 4.69) is 4.98 Å². The maximum absolute atomic E-state index is 13.8. The molecule has 2 amide bonds. The van der Waals surface area contributed by atoms with Crippen molar-refractivity contribution in [2.24, 2.45) is 11.7 Å². The van der Waals surface area contributed by atoms with E-state index in [9.17, 15) is 14.0 Å². The Kier molecular flexibility index (Phi) is 4.61. The molecule has 2 aromatic heterocycles. The number of piperidine rings is 1. The van der Waals surface area contributed by atoms with Gasteiger partial charge in [-0.25, -0.2) is 9.37 Å². The van der Waals surface area contributed by atoms with Crippen molar-refractivity contribution in [1.29, 1.82) is 0 Å². The molecule has 0 spiro atoms. The summed E-state index contributed by atoms with van der Waals surface area (Å²) in [4.78, 5) is 31.8. The van der Waals surface area contributed by atoms with Crippen LogP contribution in [0.1, 0.15) is 23.2 Å². The molecule has 1 aliphatic rings. The number of nitrogens with two attached hydrogens (primary N) is 1. The molecule has 1 saturated heterocycles. The number of benzene rings is 1. The van der Waals surface area contributed by atoms with Crippen LogP contribution in [0.3, 0.4) is 0 Å². The number of nitrogens with zero attached hydrogens (tertiary/aromatic N) is 2. The number of aromatic nitrogens is 1. The summed E-state index contributed by atoms with van der Waals surface area (Å²) in [5.74, 6) is -1.09. The molecule has 1 aromatic carbocycles. The van der Waals surface area contributed by atoms with Gasteiger partial charge in [-0.2, -0.15) is 0 Å². The lowest BCUT2D eigenvalue weighted by molar-refractivity contribution is -0.123. The van der Waals surface area contributed by atoms with Gasteiger partial charge in [-0.15, -0.1) is 11.3 Å². The van der Waals surface area contributed by atoms with E-state index in [1.807, 2.05) is 17.5 Å². The van der Waals surface area contributed by atoms with E-state index in [0.29, 0.717) is 48.1 Å². The number of primary amides is 1. The maximum atomic E-state index is 13.8. The van der Waals surface area contributed by atoms with Gasteiger partial charge in [0.05, 0.1) is 21.7 Å². The highest BCUT2D eigenvalue weighted by Crippen LogP contribution is 2.30. The van der Waals surface area contributed by atoms with Crippen LogP contribution in [0.15, 0.2) is 41.8 Å². The molecular weight excluding hydrogens is 365 g/mol. The van der Waals surface area contributed by atoms with E-state index < -0.39 is 5.82 Å². The number of hydrogen-bond acceptors (Lipinski definition) is 4. The molecule has 3 heterocycles. The minimum Gasteiger partial charge on any atom is -0.369 e. The number of halogens is 1. The molecule has 138 valence electrons. The highest BCUT2D eigenvalue weighted by molar-refractivity contribution is 7.13. The molecule has 1 fully saturated rings. The topological polar surface area (TPSA) is 76.3 Å². The van der Waals surface area contributed by atoms with Crippen LogP contribution in [0, 0.1) is 11.7 Å². The van der Waals surface area contributed by atoms with Crippen LogP contribution in [0.25, 0.3) is 21.5 Å². The number of hydrogen-bond donors (Lipinski definition) is 1. The first kappa shape index (κ1) is 17.6. The first-order valence-corrected chi connectivity index (χ1v) is 9.63. The smallest absolute Gasteiger partial charge is 0.254 e. The highest BCUT2D eigenvalue weighted by Gasteiger charge is 2.27. The normalized spacial score (nSPS) is 15.2. The van der Waals surface area contributed by atoms with E-state index >= 15 is 0 Å². The Morgan fingerprint density at radius 1 is 1.19 bits per heavy atom. The molecule has 3 aromatic rings. The number of rotatable bonds is 3. The third kappa shape index (κ3) is 3.42. The van der Waals surface area contributed by atoms with Gasteiger partial charge in [-0.1, -0.05) is 6.07 Å². The average molecular weight is 383 g/mol. The zero-order valence-corrected chi connectivity index (χ0v) is 15.3. The van der Waals surface area contributed by atoms with Gasteiger partial charge in [0.1, 0.15) is 5.82 Å². The molecule has 7 heteroatoms. The van der Waals surface area contributed by atoms with Crippen molar-refractivity contribution in [3.8, 4) is 10.6 Å². The molecular formula is C20H18FN3O2S. The van der Waals surface area contributed by atoms with E-state index in [4.69, 9.17) is 5.73 Å². The third-order valence-corrected chi connectivity index (χ3v) is 5.85. The van der Waals surface area contributed by atoms with Crippen molar-refractivity contribution in [3.05, 3.63) is 53.2 Å². The fraction of sp³-hybridized carbons (Fsp3) is 0.250. The van der Waals surface area contributed by atoms with Gasteiger partial charge in [0.25, 0.3) is 5.91 Å². The Balaban J connectivity index is 1.74.